The van der Waals surface area contributed by atoms with Gasteiger partial charge in [-0.05, 0) is 37.5 Å². The van der Waals surface area contributed by atoms with Gasteiger partial charge in [-0.3, -0.25) is 0 Å². The SMILES string of the molecule is C/C(=C/Cl)CCc1ccc(Cl)cc1. The zero-order valence-corrected chi connectivity index (χ0v) is 9.07. The molecule has 1 aromatic carbocycles. The molecule has 0 aliphatic carbocycles. The molecule has 0 saturated carbocycles. The Morgan fingerprint density at radius 3 is 2.46 bits per heavy atom. The molecule has 0 nitrogen and oxygen atoms in total. The highest BCUT2D eigenvalue weighted by Crippen LogP contribution is 2.13. The second-order valence-electron chi connectivity index (χ2n) is 3.08. The van der Waals surface area contributed by atoms with Crippen molar-refractivity contribution in [2.75, 3.05) is 0 Å². The van der Waals surface area contributed by atoms with Crippen LogP contribution in [0, 0.1) is 0 Å². The Bertz CT molecular complexity index is 285. The van der Waals surface area contributed by atoms with Gasteiger partial charge in [-0.25, -0.2) is 0 Å². The quantitative estimate of drug-likeness (QED) is 0.700. The van der Waals surface area contributed by atoms with Crippen LogP contribution in [0.2, 0.25) is 5.02 Å². The van der Waals surface area contributed by atoms with Gasteiger partial charge in [-0.2, -0.15) is 0 Å². The van der Waals surface area contributed by atoms with Crippen molar-refractivity contribution in [2.24, 2.45) is 0 Å². The average Bonchev–Trinajstić information content (AvgIpc) is 2.16. The molecule has 0 heterocycles. The standard InChI is InChI=1S/C11H12Cl2/c1-9(8-12)2-3-10-4-6-11(13)7-5-10/h4-8H,2-3H2,1H3/b9-8-. The molecule has 0 fully saturated rings. The van der Waals surface area contributed by atoms with Crippen LogP contribution in [0.15, 0.2) is 35.4 Å². The Labute approximate surface area is 89.2 Å². The van der Waals surface area contributed by atoms with E-state index < -0.39 is 0 Å². The number of aryl methyl sites for hydroxylation is 1. The van der Waals surface area contributed by atoms with Gasteiger partial charge >= 0.3 is 0 Å². The van der Waals surface area contributed by atoms with E-state index in [9.17, 15) is 0 Å². The van der Waals surface area contributed by atoms with Crippen LogP contribution in [-0.4, -0.2) is 0 Å². The third-order valence-corrected chi connectivity index (χ3v) is 2.53. The minimum atomic E-state index is 0.786. The average molecular weight is 215 g/mol. The summed E-state index contributed by atoms with van der Waals surface area (Å²) in [5, 5.41) is 0.786. The number of benzene rings is 1. The molecule has 0 saturated heterocycles. The largest absolute Gasteiger partial charge is 0.0930 e. The predicted octanol–water partition coefficient (Wildman–Crippen LogP) is 4.42. The van der Waals surface area contributed by atoms with Crippen molar-refractivity contribution >= 4 is 23.2 Å². The van der Waals surface area contributed by atoms with Crippen LogP contribution in [0.25, 0.3) is 0 Å². The van der Waals surface area contributed by atoms with Crippen LogP contribution >= 0.6 is 23.2 Å². The van der Waals surface area contributed by atoms with Crippen LogP contribution < -0.4 is 0 Å². The Morgan fingerprint density at radius 1 is 1.31 bits per heavy atom. The molecule has 0 atom stereocenters. The summed E-state index contributed by atoms with van der Waals surface area (Å²) in [5.41, 5.74) is 4.13. The van der Waals surface area contributed by atoms with E-state index in [1.54, 1.807) is 5.54 Å². The summed E-state index contributed by atoms with van der Waals surface area (Å²) in [4.78, 5) is 0. The monoisotopic (exact) mass is 214 g/mol. The lowest BCUT2D eigenvalue weighted by Gasteiger charge is -2.00. The van der Waals surface area contributed by atoms with Crippen LogP contribution in [0.5, 0.6) is 0 Å². The topological polar surface area (TPSA) is 0 Å². The maximum Gasteiger partial charge on any atom is 0.0406 e. The molecule has 70 valence electrons. The highest BCUT2D eigenvalue weighted by atomic mass is 35.5. The van der Waals surface area contributed by atoms with Gasteiger partial charge in [0.15, 0.2) is 0 Å². The van der Waals surface area contributed by atoms with Crippen LogP contribution in [0.3, 0.4) is 0 Å². The predicted molar refractivity (Wildman–Crippen MR) is 59.4 cm³/mol. The second kappa shape index (κ2) is 5.31. The number of hydrogen-bond acceptors (Lipinski definition) is 0. The molecule has 13 heavy (non-hydrogen) atoms. The fraction of sp³-hybridized carbons (Fsp3) is 0.273. The Hall–Kier alpha value is -0.460. The van der Waals surface area contributed by atoms with Gasteiger partial charge in [-0.15, -0.1) is 0 Å². The minimum Gasteiger partial charge on any atom is -0.0930 e. The van der Waals surface area contributed by atoms with E-state index in [1.807, 2.05) is 31.2 Å². The molecule has 2 heteroatoms. The second-order valence-corrected chi connectivity index (χ2v) is 3.74. The molecule has 0 N–H and O–H groups in total. The van der Waals surface area contributed by atoms with Crippen molar-refractivity contribution in [3.05, 3.63) is 46.0 Å². The van der Waals surface area contributed by atoms with Gasteiger partial charge in [0.05, 0.1) is 0 Å². The van der Waals surface area contributed by atoms with Crippen molar-refractivity contribution in [3.8, 4) is 0 Å². The highest BCUT2D eigenvalue weighted by Gasteiger charge is 1.94. The summed E-state index contributed by atoms with van der Waals surface area (Å²) in [6.45, 7) is 2.03. The van der Waals surface area contributed by atoms with Gasteiger partial charge in [0, 0.05) is 10.6 Å². The molecule has 1 aromatic rings. The number of allylic oxidation sites excluding steroid dienone is 1. The van der Waals surface area contributed by atoms with Gasteiger partial charge in [0.2, 0.25) is 0 Å². The molecular weight excluding hydrogens is 203 g/mol. The molecule has 0 aliphatic heterocycles. The van der Waals surface area contributed by atoms with Gasteiger partial charge in [0.25, 0.3) is 0 Å². The normalized spacial score (nSPS) is 11.8. The van der Waals surface area contributed by atoms with E-state index in [0.717, 1.165) is 17.9 Å². The summed E-state index contributed by atoms with van der Waals surface area (Å²) in [7, 11) is 0. The van der Waals surface area contributed by atoms with Crippen molar-refractivity contribution in [1.29, 1.82) is 0 Å². The van der Waals surface area contributed by atoms with Crippen LogP contribution in [-0.2, 0) is 6.42 Å². The number of hydrogen-bond donors (Lipinski definition) is 0. The lowest BCUT2D eigenvalue weighted by Crippen LogP contribution is -1.85. The van der Waals surface area contributed by atoms with Crippen molar-refractivity contribution in [1.82, 2.24) is 0 Å². The molecule has 0 radical (unpaired) electrons. The zero-order chi connectivity index (χ0) is 9.68. The molecule has 0 unspecified atom stereocenters. The Balaban J connectivity index is 2.51. The van der Waals surface area contributed by atoms with E-state index in [1.165, 1.54) is 11.1 Å². The molecule has 0 aromatic heterocycles. The van der Waals surface area contributed by atoms with E-state index in [0.29, 0.717) is 0 Å². The Morgan fingerprint density at radius 2 is 1.92 bits per heavy atom. The van der Waals surface area contributed by atoms with E-state index in [-0.39, 0.29) is 0 Å². The summed E-state index contributed by atoms with van der Waals surface area (Å²) < 4.78 is 0. The van der Waals surface area contributed by atoms with Gasteiger partial charge < -0.3 is 0 Å². The van der Waals surface area contributed by atoms with Crippen molar-refractivity contribution in [2.45, 2.75) is 19.8 Å². The highest BCUT2D eigenvalue weighted by molar-refractivity contribution is 6.30. The summed E-state index contributed by atoms with van der Waals surface area (Å²) >= 11 is 11.3. The first kappa shape index (κ1) is 10.6. The first-order valence-electron chi connectivity index (χ1n) is 4.22. The minimum absolute atomic E-state index is 0.786. The zero-order valence-electron chi connectivity index (χ0n) is 7.56. The van der Waals surface area contributed by atoms with Gasteiger partial charge in [0.1, 0.15) is 0 Å². The first-order chi connectivity index (χ1) is 6.22. The van der Waals surface area contributed by atoms with Crippen molar-refractivity contribution < 1.29 is 0 Å². The van der Waals surface area contributed by atoms with E-state index in [4.69, 9.17) is 23.2 Å². The first-order valence-corrected chi connectivity index (χ1v) is 5.04. The molecule has 0 amide bonds. The summed E-state index contributed by atoms with van der Waals surface area (Å²) in [5.74, 6) is 0. The maximum atomic E-state index is 5.77. The molecule has 0 bridgehead atoms. The fourth-order valence-electron chi connectivity index (χ4n) is 1.05. The molecule has 0 aliphatic rings. The van der Waals surface area contributed by atoms with Crippen molar-refractivity contribution in [3.63, 3.8) is 0 Å². The lowest BCUT2D eigenvalue weighted by molar-refractivity contribution is 0.944. The molecular formula is C11H12Cl2. The summed E-state index contributed by atoms with van der Waals surface area (Å²) in [6.07, 6.45) is 2.03. The maximum absolute atomic E-state index is 5.77. The third kappa shape index (κ3) is 3.84. The summed E-state index contributed by atoms with van der Waals surface area (Å²) in [6, 6.07) is 7.92. The van der Waals surface area contributed by atoms with E-state index >= 15 is 0 Å². The van der Waals surface area contributed by atoms with Crippen LogP contribution in [0.4, 0.5) is 0 Å². The molecule has 0 spiro atoms. The fourth-order valence-corrected chi connectivity index (χ4v) is 1.28. The number of halogens is 2. The third-order valence-electron chi connectivity index (χ3n) is 1.91. The van der Waals surface area contributed by atoms with Gasteiger partial charge in [-0.1, -0.05) is 40.9 Å². The van der Waals surface area contributed by atoms with E-state index in [2.05, 4.69) is 0 Å². The molecule has 1 rings (SSSR count). The smallest absolute Gasteiger partial charge is 0.0406 e. The number of rotatable bonds is 3. The lowest BCUT2D eigenvalue weighted by atomic mass is 10.1. The Kier molecular flexibility index (Phi) is 4.34. The van der Waals surface area contributed by atoms with Crippen LogP contribution in [0.1, 0.15) is 18.9 Å².